The van der Waals surface area contributed by atoms with Crippen LogP contribution in [0.4, 0.5) is 0 Å². The van der Waals surface area contributed by atoms with Crippen molar-refractivity contribution in [2.24, 2.45) is 0 Å². The van der Waals surface area contributed by atoms with Crippen LogP contribution < -0.4 is 0 Å². The number of carbonyl (C=O) groups excluding carboxylic acids is 1. The van der Waals surface area contributed by atoms with Crippen LogP contribution in [0.5, 0.6) is 0 Å². The zero-order valence-corrected chi connectivity index (χ0v) is 7.83. The Balaban J connectivity index is 1.90. The lowest BCUT2D eigenvalue weighted by Gasteiger charge is -2.31. The number of rotatable bonds is 2. The molecule has 2 fully saturated rings. The van der Waals surface area contributed by atoms with Gasteiger partial charge in [0.25, 0.3) is 0 Å². The summed E-state index contributed by atoms with van der Waals surface area (Å²) in [6, 6.07) is 0. The van der Waals surface area contributed by atoms with Crippen molar-refractivity contribution in [3.8, 4) is 0 Å². The fraction of sp³-hybridized carbons (Fsp3) is 0.900. The van der Waals surface area contributed by atoms with Gasteiger partial charge in [0.15, 0.2) is 5.79 Å². The molecule has 0 aromatic rings. The average molecular weight is 184 g/mol. The molecular formula is C10H16O3. The molecule has 1 heterocycles. The normalized spacial score (nSPS) is 32.2. The highest BCUT2D eigenvalue weighted by Gasteiger charge is 2.41. The Morgan fingerprint density at radius 1 is 1.31 bits per heavy atom. The van der Waals surface area contributed by atoms with E-state index < -0.39 is 0 Å². The standard InChI is InChI=1S/C10H16O3/c11-7-4-9-8-12-10(13-9)5-2-1-3-6-10/h7,9H,1-6,8H2/t9-/m1/s1. The molecule has 13 heavy (non-hydrogen) atoms. The Labute approximate surface area is 78.4 Å². The molecule has 1 aliphatic heterocycles. The van der Waals surface area contributed by atoms with Crippen molar-refractivity contribution in [3.05, 3.63) is 0 Å². The van der Waals surface area contributed by atoms with Crippen LogP contribution in [0.25, 0.3) is 0 Å². The number of hydrogen-bond acceptors (Lipinski definition) is 3. The lowest BCUT2D eigenvalue weighted by molar-refractivity contribution is -0.187. The molecule has 0 N–H and O–H groups in total. The van der Waals surface area contributed by atoms with Gasteiger partial charge in [-0.2, -0.15) is 0 Å². The molecule has 1 atom stereocenters. The molecule has 1 saturated carbocycles. The molecule has 1 spiro atoms. The largest absolute Gasteiger partial charge is 0.347 e. The van der Waals surface area contributed by atoms with E-state index in [1.54, 1.807) is 0 Å². The third-order valence-corrected chi connectivity index (χ3v) is 2.89. The minimum atomic E-state index is -0.314. The van der Waals surface area contributed by atoms with Gasteiger partial charge in [-0.25, -0.2) is 0 Å². The zero-order valence-electron chi connectivity index (χ0n) is 7.83. The molecule has 0 aromatic carbocycles. The van der Waals surface area contributed by atoms with Gasteiger partial charge in [0, 0.05) is 19.3 Å². The lowest BCUT2D eigenvalue weighted by atomic mass is 9.94. The summed E-state index contributed by atoms with van der Waals surface area (Å²) in [5, 5.41) is 0. The maximum atomic E-state index is 10.3. The van der Waals surface area contributed by atoms with E-state index in [1.165, 1.54) is 19.3 Å². The summed E-state index contributed by atoms with van der Waals surface area (Å²) >= 11 is 0. The van der Waals surface area contributed by atoms with Crippen molar-refractivity contribution in [2.75, 3.05) is 6.61 Å². The molecule has 0 bridgehead atoms. The van der Waals surface area contributed by atoms with Crippen molar-refractivity contribution in [1.29, 1.82) is 0 Å². The van der Waals surface area contributed by atoms with Gasteiger partial charge in [-0.05, 0) is 12.8 Å². The van der Waals surface area contributed by atoms with E-state index in [9.17, 15) is 4.79 Å². The smallest absolute Gasteiger partial charge is 0.168 e. The summed E-state index contributed by atoms with van der Waals surface area (Å²) in [6.07, 6.45) is 7.06. The van der Waals surface area contributed by atoms with Crippen LogP contribution >= 0.6 is 0 Å². The molecule has 3 nitrogen and oxygen atoms in total. The Morgan fingerprint density at radius 3 is 2.77 bits per heavy atom. The maximum Gasteiger partial charge on any atom is 0.168 e. The highest BCUT2D eigenvalue weighted by Crippen LogP contribution is 2.38. The molecule has 0 amide bonds. The van der Waals surface area contributed by atoms with Crippen LogP contribution in [0.15, 0.2) is 0 Å². The van der Waals surface area contributed by atoms with Crippen LogP contribution in [0.1, 0.15) is 38.5 Å². The number of aldehydes is 1. The maximum absolute atomic E-state index is 10.3. The topological polar surface area (TPSA) is 35.5 Å². The Bertz CT molecular complexity index is 185. The number of ether oxygens (including phenoxy) is 2. The summed E-state index contributed by atoms with van der Waals surface area (Å²) in [6.45, 7) is 0.596. The fourth-order valence-electron chi connectivity index (χ4n) is 2.19. The van der Waals surface area contributed by atoms with E-state index in [0.29, 0.717) is 13.0 Å². The summed E-state index contributed by atoms with van der Waals surface area (Å²) in [7, 11) is 0. The Hall–Kier alpha value is -0.410. The van der Waals surface area contributed by atoms with Gasteiger partial charge in [-0.15, -0.1) is 0 Å². The van der Waals surface area contributed by atoms with Gasteiger partial charge in [0.05, 0.1) is 12.7 Å². The van der Waals surface area contributed by atoms with Gasteiger partial charge in [-0.3, -0.25) is 0 Å². The summed E-state index contributed by atoms with van der Waals surface area (Å²) in [5.41, 5.74) is 0. The minimum Gasteiger partial charge on any atom is -0.347 e. The lowest BCUT2D eigenvalue weighted by Crippen LogP contribution is -2.33. The van der Waals surface area contributed by atoms with Crippen LogP contribution in [0.3, 0.4) is 0 Å². The van der Waals surface area contributed by atoms with E-state index in [-0.39, 0.29) is 11.9 Å². The SMILES string of the molecule is O=CC[C@@H]1COC2(CCCCC2)O1. The third kappa shape index (κ3) is 1.92. The van der Waals surface area contributed by atoms with E-state index in [2.05, 4.69) is 0 Å². The molecule has 0 radical (unpaired) electrons. The van der Waals surface area contributed by atoms with Crippen molar-refractivity contribution in [3.63, 3.8) is 0 Å². The highest BCUT2D eigenvalue weighted by molar-refractivity contribution is 5.50. The molecule has 2 rings (SSSR count). The first-order valence-electron chi connectivity index (χ1n) is 5.10. The first kappa shape index (κ1) is 9.16. The van der Waals surface area contributed by atoms with Gasteiger partial charge in [-0.1, -0.05) is 6.42 Å². The first-order chi connectivity index (χ1) is 6.35. The first-order valence-corrected chi connectivity index (χ1v) is 5.10. The fourth-order valence-corrected chi connectivity index (χ4v) is 2.19. The predicted octanol–water partition coefficient (Wildman–Crippen LogP) is 1.65. The van der Waals surface area contributed by atoms with Crippen molar-refractivity contribution in [1.82, 2.24) is 0 Å². The number of hydrogen-bond donors (Lipinski definition) is 0. The van der Waals surface area contributed by atoms with Crippen molar-refractivity contribution >= 4 is 6.29 Å². The second kappa shape index (κ2) is 3.76. The second-order valence-corrected chi connectivity index (χ2v) is 3.92. The molecule has 3 heteroatoms. The second-order valence-electron chi connectivity index (χ2n) is 3.92. The van der Waals surface area contributed by atoms with Crippen molar-refractivity contribution < 1.29 is 14.3 Å². The van der Waals surface area contributed by atoms with Crippen LogP contribution in [-0.2, 0) is 14.3 Å². The monoisotopic (exact) mass is 184 g/mol. The zero-order chi connectivity index (χ0) is 9.15. The van der Waals surface area contributed by atoms with Gasteiger partial charge in [0.2, 0.25) is 0 Å². The van der Waals surface area contributed by atoms with Crippen molar-refractivity contribution in [2.45, 2.75) is 50.4 Å². The highest BCUT2D eigenvalue weighted by atomic mass is 16.7. The van der Waals surface area contributed by atoms with Crippen LogP contribution in [0.2, 0.25) is 0 Å². The van der Waals surface area contributed by atoms with E-state index >= 15 is 0 Å². The molecule has 1 aliphatic carbocycles. The van der Waals surface area contributed by atoms with E-state index in [4.69, 9.17) is 9.47 Å². The molecule has 0 unspecified atom stereocenters. The Morgan fingerprint density at radius 2 is 2.08 bits per heavy atom. The quantitative estimate of drug-likeness (QED) is 0.612. The molecule has 0 aromatic heterocycles. The molecule has 2 aliphatic rings. The van der Waals surface area contributed by atoms with Gasteiger partial charge >= 0.3 is 0 Å². The molecular weight excluding hydrogens is 168 g/mol. The molecule has 1 saturated heterocycles. The molecule has 74 valence electrons. The third-order valence-electron chi connectivity index (χ3n) is 2.89. The average Bonchev–Trinajstić information content (AvgIpc) is 2.51. The van der Waals surface area contributed by atoms with Gasteiger partial charge < -0.3 is 14.3 Å². The number of carbonyl (C=O) groups is 1. The summed E-state index contributed by atoms with van der Waals surface area (Å²) in [5.74, 6) is -0.314. The van der Waals surface area contributed by atoms with Crippen LogP contribution in [0, 0.1) is 0 Å². The van der Waals surface area contributed by atoms with E-state index in [0.717, 1.165) is 19.1 Å². The van der Waals surface area contributed by atoms with Crippen LogP contribution in [-0.4, -0.2) is 24.8 Å². The Kier molecular flexibility index (Phi) is 2.65. The predicted molar refractivity (Wildman–Crippen MR) is 47.3 cm³/mol. The minimum absolute atomic E-state index is 0.00981. The summed E-state index contributed by atoms with van der Waals surface area (Å²) in [4.78, 5) is 10.3. The van der Waals surface area contributed by atoms with Gasteiger partial charge in [0.1, 0.15) is 6.29 Å². The van der Waals surface area contributed by atoms with E-state index in [1.807, 2.05) is 0 Å². The summed E-state index contributed by atoms with van der Waals surface area (Å²) < 4.78 is 11.4.